The van der Waals surface area contributed by atoms with Crippen LogP contribution < -0.4 is 20.3 Å². The van der Waals surface area contributed by atoms with Crippen LogP contribution in [0.5, 0.6) is 5.75 Å². The van der Waals surface area contributed by atoms with Gasteiger partial charge in [0.1, 0.15) is 5.75 Å². The normalized spacial score (nSPS) is 15.8. The molecule has 1 aliphatic rings. The molecule has 8 nitrogen and oxygen atoms in total. The molecule has 32 heavy (non-hydrogen) atoms. The zero-order valence-corrected chi connectivity index (χ0v) is 18.2. The van der Waals surface area contributed by atoms with Gasteiger partial charge in [0, 0.05) is 43.4 Å². The fraction of sp³-hybridized carbons (Fsp3) is 0.292. The molecule has 0 spiro atoms. The molecule has 3 aromatic rings. The van der Waals surface area contributed by atoms with Gasteiger partial charge in [0.05, 0.1) is 12.8 Å². The van der Waals surface area contributed by atoms with Crippen LogP contribution >= 0.6 is 0 Å². The van der Waals surface area contributed by atoms with Gasteiger partial charge >= 0.3 is 0 Å². The van der Waals surface area contributed by atoms with Crippen molar-refractivity contribution >= 4 is 23.3 Å². The number of carbonyl (C=O) groups excluding carboxylic acids is 2. The number of nitrogens with zero attached hydrogens (tertiary/aromatic N) is 2. The molecule has 0 saturated carbocycles. The Bertz CT molecular complexity index is 1090. The van der Waals surface area contributed by atoms with E-state index in [1.165, 1.54) is 6.92 Å². The van der Waals surface area contributed by atoms with E-state index < -0.39 is 0 Å². The summed E-state index contributed by atoms with van der Waals surface area (Å²) in [5, 5.41) is 13.4. The first-order chi connectivity index (χ1) is 15.5. The SMILES string of the molecule is COc1ccc(-c2cc(N3CCC[C@@H](NC(=O)c4cccc(NC(C)=O)c4)C3)n[nH]2)cc1. The van der Waals surface area contributed by atoms with Crippen molar-refractivity contribution in [2.24, 2.45) is 0 Å². The third-order valence-corrected chi connectivity index (χ3v) is 5.49. The van der Waals surface area contributed by atoms with Gasteiger partial charge in [-0.05, 0) is 60.9 Å². The number of anilines is 2. The van der Waals surface area contributed by atoms with E-state index in [1.807, 2.05) is 30.3 Å². The third-order valence-electron chi connectivity index (χ3n) is 5.49. The molecule has 1 atom stereocenters. The molecule has 4 rings (SSSR count). The number of piperidine rings is 1. The van der Waals surface area contributed by atoms with Crippen molar-refractivity contribution in [3.05, 3.63) is 60.2 Å². The zero-order chi connectivity index (χ0) is 22.5. The van der Waals surface area contributed by atoms with Crippen molar-refractivity contribution in [2.45, 2.75) is 25.8 Å². The largest absolute Gasteiger partial charge is 0.497 e. The van der Waals surface area contributed by atoms with Crippen LogP contribution in [0.1, 0.15) is 30.1 Å². The van der Waals surface area contributed by atoms with Gasteiger partial charge in [0.25, 0.3) is 5.91 Å². The molecular weight excluding hydrogens is 406 g/mol. The molecule has 166 valence electrons. The highest BCUT2D eigenvalue weighted by Gasteiger charge is 2.24. The average Bonchev–Trinajstić information content (AvgIpc) is 3.29. The second-order valence-electron chi connectivity index (χ2n) is 7.89. The van der Waals surface area contributed by atoms with Crippen molar-refractivity contribution < 1.29 is 14.3 Å². The van der Waals surface area contributed by atoms with Crippen molar-refractivity contribution in [3.8, 4) is 17.0 Å². The lowest BCUT2D eigenvalue weighted by Gasteiger charge is -2.33. The predicted octanol–water partition coefficient (Wildman–Crippen LogP) is 3.44. The summed E-state index contributed by atoms with van der Waals surface area (Å²) in [4.78, 5) is 26.2. The van der Waals surface area contributed by atoms with Gasteiger partial charge in [-0.3, -0.25) is 14.7 Å². The van der Waals surface area contributed by atoms with Gasteiger partial charge in [-0.15, -0.1) is 0 Å². The van der Waals surface area contributed by atoms with Crippen LogP contribution in [0.2, 0.25) is 0 Å². The Morgan fingerprint density at radius 1 is 1.16 bits per heavy atom. The molecule has 0 bridgehead atoms. The van der Waals surface area contributed by atoms with Crippen molar-refractivity contribution in [1.29, 1.82) is 0 Å². The first kappa shape index (κ1) is 21.4. The maximum absolute atomic E-state index is 12.8. The smallest absolute Gasteiger partial charge is 0.251 e. The van der Waals surface area contributed by atoms with Gasteiger partial charge < -0.3 is 20.3 Å². The lowest BCUT2D eigenvalue weighted by atomic mass is 10.0. The maximum atomic E-state index is 12.8. The summed E-state index contributed by atoms with van der Waals surface area (Å²) in [6.45, 7) is 3.01. The summed E-state index contributed by atoms with van der Waals surface area (Å²) in [6, 6.07) is 16.8. The van der Waals surface area contributed by atoms with E-state index in [-0.39, 0.29) is 17.9 Å². The van der Waals surface area contributed by atoms with Crippen LogP contribution in [-0.2, 0) is 4.79 Å². The number of nitrogens with one attached hydrogen (secondary N) is 3. The molecule has 1 fully saturated rings. The van der Waals surface area contributed by atoms with Gasteiger partial charge in [-0.1, -0.05) is 6.07 Å². The highest BCUT2D eigenvalue weighted by atomic mass is 16.5. The maximum Gasteiger partial charge on any atom is 0.251 e. The Morgan fingerprint density at radius 3 is 2.72 bits per heavy atom. The number of ether oxygens (including phenoxy) is 1. The summed E-state index contributed by atoms with van der Waals surface area (Å²) in [5.41, 5.74) is 3.10. The van der Waals surface area contributed by atoms with Gasteiger partial charge in [-0.25, -0.2) is 0 Å². The van der Waals surface area contributed by atoms with Gasteiger partial charge in [0.2, 0.25) is 5.91 Å². The number of amides is 2. The number of aromatic nitrogens is 2. The predicted molar refractivity (Wildman–Crippen MR) is 124 cm³/mol. The second kappa shape index (κ2) is 9.55. The number of rotatable bonds is 6. The topological polar surface area (TPSA) is 99.3 Å². The molecule has 1 aliphatic heterocycles. The Balaban J connectivity index is 1.40. The zero-order valence-electron chi connectivity index (χ0n) is 18.2. The number of hydrogen-bond donors (Lipinski definition) is 3. The van der Waals surface area contributed by atoms with Crippen molar-refractivity contribution in [2.75, 3.05) is 30.4 Å². The Hall–Kier alpha value is -3.81. The van der Waals surface area contributed by atoms with Crippen LogP contribution in [0, 0.1) is 0 Å². The highest BCUT2D eigenvalue weighted by molar-refractivity contribution is 5.97. The highest BCUT2D eigenvalue weighted by Crippen LogP contribution is 2.26. The molecule has 0 aliphatic carbocycles. The van der Waals surface area contributed by atoms with Crippen LogP contribution in [-0.4, -0.2) is 48.3 Å². The van der Waals surface area contributed by atoms with E-state index in [2.05, 4.69) is 25.7 Å². The first-order valence-corrected chi connectivity index (χ1v) is 10.6. The molecule has 3 N–H and O–H groups in total. The van der Waals surface area contributed by atoms with Crippen molar-refractivity contribution in [3.63, 3.8) is 0 Å². The minimum absolute atomic E-state index is 0.0156. The van der Waals surface area contributed by atoms with E-state index in [9.17, 15) is 9.59 Å². The van der Waals surface area contributed by atoms with E-state index >= 15 is 0 Å². The Morgan fingerprint density at radius 2 is 1.97 bits per heavy atom. The van der Waals surface area contributed by atoms with Crippen molar-refractivity contribution in [1.82, 2.24) is 15.5 Å². The van der Waals surface area contributed by atoms with E-state index in [0.29, 0.717) is 17.8 Å². The lowest BCUT2D eigenvalue weighted by molar-refractivity contribution is -0.114. The fourth-order valence-electron chi connectivity index (χ4n) is 3.90. The number of carbonyl (C=O) groups is 2. The quantitative estimate of drug-likeness (QED) is 0.553. The van der Waals surface area contributed by atoms with E-state index in [4.69, 9.17) is 4.74 Å². The number of methoxy groups -OCH3 is 1. The van der Waals surface area contributed by atoms with E-state index in [1.54, 1.807) is 31.4 Å². The number of H-pyrrole nitrogens is 1. The number of aromatic amines is 1. The monoisotopic (exact) mass is 433 g/mol. The summed E-state index contributed by atoms with van der Waals surface area (Å²) in [5.74, 6) is 1.36. The Labute approximate surface area is 187 Å². The molecular formula is C24H27N5O3. The average molecular weight is 434 g/mol. The summed E-state index contributed by atoms with van der Waals surface area (Å²) in [7, 11) is 1.65. The summed E-state index contributed by atoms with van der Waals surface area (Å²) >= 11 is 0. The molecule has 0 unspecified atom stereocenters. The molecule has 1 saturated heterocycles. The van der Waals surface area contributed by atoms with Gasteiger partial charge in [-0.2, -0.15) is 5.10 Å². The third kappa shape index (κ3) is 5.08. The Kier molecular flexibility index (Phi) is 6.39. The van der Waals surface area contributed by atoms with Crippen LogP contribution in [0.3, 0.4) is 0 Å². The molecule has 2 amide bonds. The summed E-state index contributed by atoms with van der Waals surface area (Å²) in [6.07, 6.45) is 1.87. The molecule has 2 aromatic carbocycles. The molecule has 0 radical (unpaired) electrons. The fourth-order valence-corrected chi connectivity index (χ4v) is 3.90. The molecule has 1 aromatic heterocycles. The number of hydrogen-bond acceptors (Lipinski definition) is 5. The van der Waals surface area contributed by atoms with Gasteiger partial charge in [0.15, 0.2) is 5.82 Å². The number of benzene rings is 2. The molecule has 2 heterocycles. The standard InChI is InChI=1S/C24H27N5O3/c1-16(30)25-19-6-3-5-18(13-19)24(31)26-20-7-4-12-29(15-20)23-14-22(27-28-23)17-8-10-21(32-2)11-9-17/h3,5-6,8-11,13-14,20H,4,7,12,15H2,1-2H3,(H,25,30)(H,26,31)(H,27,28)/t20-/m1/s1. The van der Waals surface area contributed by atoms with Crippen LogP contribution in [0.4, 0.5) is 11.5 Å². The first-order valence-electron chi connectivity index (χ1n) is 10.6. The minimum atomic E-state index is -0.168. The van der Waals surface area contributed by atoms with Crippen LogP contribution in [0.25, 0.3) is 11.3 Å². The second-order valence-corrected chi connectivity index (χ2v) is 7.89. The molecule has 8 heteroatoms. The minimum Gasteiger partial charge on any atom is -0.497 e. The lowest BCUT2D eigenvalue weighted by Crippen LogP contribution is -2.48. The van der Waals surface area contributed by atoms with E-state index in [0.717, 1.165) is 42.2 Å². The summed E-state index contributed by atoms with van der Waals surface area (Å²) < 4.78 is 5.22. The van der Waals surface area contributed by atoms with Crippen LogP contribution in [0.15, 0.2) is 54.6 Å².